The van der Waals surface area contributed by atoms with Crippen molar-refractivity contribution in [2.45, 2.75) is 441 Å². The summed E-state index contributed by atoms with van der Waals surface area (Å²) in [4.78, 5) is 13.4. The van der Waals surface area contributed by atoms with Crippen molar-refractivity contribution < 1.29 is 64.6 Å². The number of carbonyl (C=O) groups excluding carboxylic acids is 1. The van der Waals surface area contributed by atoms with E-state index in [9.17, 15) is 45.6 Å². The van der Waals surface area contributed by atoms with Crippen LogP contribution in [0.4, 0.5) is 0 Å². The Morgan fingerprint density at radius 1 is 0.376 bits per heavy atom. The second kappa shape index (κ2) is 63.6. The fourth-order valence-electron chi connectivity index (χ4n) is 13.3. The number of amides is 1. The van der Waals surface area contributed by atoms with Crippen LogP contribution in [-0.4, -0.2) is 140 Å². The molecule has 2 aliphatic heterocycles. The molecule has 548 valence electrons. The third-order valence-electron chi connectivity index (χ3n) is 19.6. The number of carbonyl (C=O) groups is 1. The molecule has 0 aromatic carbocycles. The Hall–Kier alpha value is -1.79. The number of nitrogens with one attached hydrogen (secondary N) is 1. The van der Waals surface area contributed by atoms with Crippen LogP contribution in [0, 0.1) is 0 Å². The number of ether oxygens (including phenoxy) is 4. The first-order chi connectivity index (χ1) is 45.6. The van der Waals surface area contributed by atoms with E-state index in [-0.39, 0.29) is 18.9 Å². The maximum Gasteiger partial charge on any atom is 0.220 e. The first-order valence-electron chi connectivity index (χ1n) is 39.7. The third-order valence-corrected chi connectivity index (χ3v) is 19.6. The highest BCUT2D eigenvalue weighted by molar-refractivity contribution is 5.76. The van der Waals surface area contributed by atoms with Crippen LogP contribution < -0.4 is 5.32 Å². The van der Waals surface area contributed by atoms with Gasteiger partial charge in [0.2, 0.25) is 5.91 Å². The van der Waals surface area contributed by atoms with Gasteiger partial charge in [-0.3, -0.25) is 4.79 Å². The molecule has 1 amide bonds. The highest BCUT2D eigenvalue weighted by atomic mass is 16.7. The van der Waals surface area contributed by atoms with Gasteiger partial charge < -0.3 is 65.1 Å². The van der Waals surface area contributed by atoms with Crippen molar-refractivity contribution in [1.29, 1.82) is 0 Å². The molecule has 0 saturated carbocycles. The van der Waals surface area contributed by atoms with Crippen LogP contribution in [-0.2, 0) is 23.7 Å². The van der Waals surface area contributed by atoms with Crippen molar-refractivity contribution in [3.05, 3.63) is 36.5 Å². The smallest absolute Gasteiger partial charge is 0.220 e. The molecule has 2 rings (SSSR count). The van der Waals surface area contributed by atoms with E-state index >= 15 is 0 Å². The van der Waals surface area contributed by atoms with E-state index in [0.717, 1.165) is 44.9 Å². The minimum Gasteiger partial charge on any atom is -0.394 e. The lowest BCUT2D eigenvalue weighted by Gasteiger charge is -2.46. The van der Waals surface area contributed by atoms with Crippen LogP contribution >= 0.6 is 0 Å². The lowest BCUT2D eigenvalue weighted by atomic mass is 9.97. The van der Waals surface area contributed by atoms with Crippen molar-refractivity contribution in [3.63, 3.8) is 0 Å². The Morgan fingerprint density at radius 3 is 1.05 bits per heavy atom. The van der Waals surface area contributed by atoms with Gasteiger partial charge in [-0.25, -0.2) is 0 Å². The lowest BCUT2D eigenvalue weighted by molar-refractivity contribution is -0.359. The fraction of sp³-hybridized carbons (Fsp3) is 0.911. The normalized spacial score (nSPS) is 22.7. The molecular weight excluding hydrogens is 1170 g/mol. The maximum atomic E-state index is 13.4. The molecule has 2 saturated heterocycles. The number of hydrogen-bond acceptors (Lipinski definition) is 13. The summed E-state index contributed by atoms with van der Waals surface area (Å²) in [5.74, 6) is -0.245. The summed E-state index contributed by atoms with van der Waals surface area (Å²) in [7, 11) is 0. The van der Waals surface area contributed by atoms with Crippen LogP contribution in [0.1, 0.15) is 367 Å². The molecule has 0 radical (unpaired) electrons. The minimum absolute atomic E-state index is 0.245. The molecule has 12 atom stereocenters. The maximum absolute atomic E-state index is 13.4. The third kappa shape index (κ3) is 47.0. The number of unbranched alkanes of at least 4 members (excludes halogenated alkanes) is 50. The van der Waals surface area contributed by atoms with Gasteiger partial charge in [-0.2, -0.15) is 0 Å². The van der Waals surface area contributed by atoms with Gasteiger partial charge in [0, 0.05) is 6.42 Å². The zero-order valence-electron chi connectivity index (χ0n) is 60.0. The van der Waals surface area contributed by atoms with Crippen molar-refractivity contribution >= 4 is 5.91 Å². The average Bonchev–Trinajstić information content (AvgIpc) is 0.852. The summed E-state index contributed by atoms with van der Waals surface area (Å²) in [6.07, 6.45) is 66.6. The van der Waals surface area contributed by atoms with E-state index < -0.39 is 86.8 Å². The number of rotatable bonds is 67. The summed E-state index contributed by atoms with van der Waals surface area (Å²) in [5.41, 5.74) is 0. The Morgan fingerprint density at radius 2 is 0.688 bits per heavy atom. The Bertz CT molecular complexity index is 1700. The fourth-order valence-corrected chi connectivity index (χ4v) is 13.3. The lowest BCUT2D eigenvalue weighted by Crippen LogP contribution is -2.65. The number of hydrogen-bond donors (Lipinski definition) is 9. The van der Waals surface area contributed by atoms with E-state index in [1.807, 2.05) is 6.08 Å². The molecule has 0 spiro atoms. The predicted octanol–water partition coefficient (Wildman–Crippen LogP) is 17.6. The molecule has 0 bridgehead atoms. The van der Waals surface area contributed by atoms with Gasteiger partial charge in [0.25, 0.3) is 0 Å². The van der Waals surface area contributed by atoms with E-state index in [0.29, 0.717) is 12.8 Å². The Balaban J connectivity index is 1.65. The van der Waals surface area contributed by atoms with Gasteiger partial charge in [-0.1, -0.05) is 352 Å². The summed E-state index contributed by atoms with van der Waals surface area (Å²) in [5, 5.41) is 87.6. The van der Waals surface area contributed by atoms with E-state index in [1.165, 1.54) is 289 Å². The number of aliphatic hydroxyl groups excluding tert-OH is 8. The SMILES string of the molecule is CCCCCCCCCCCCCCCCCCCCCC/C=C/CC/C=C/CC/C=C/C(O)C(COC1OC(CO)C(OC2OC(CO)C(O)C(O)C2O)C(O)C1O)NC(=O)CCCCCCCCCCCCCCCCCCCCCCCCCCCCCCC. The molecule has 2 heterocycles. The van der Waals surface area contributed by atoms with E-state index in [1.54, 1.807) is 6.08 Å². The van der Waals surface area contributed by atoms with Gasteiger partial charge in [0.15, 0.2) is 12.6 Å². The summed E-state index contributed by atoms with van der Waals surface area (Å²) in [6.45, 7) is 2.84. The zero-order valence-corrected chi connectivity index (χ0v) is 60.0. The zero-order chi connectivity index (χ0) is 67.3. The number of allylic oxidation sites excluding steroid dienone is 5. The first-order valence-corrected chi connectivity index (χ1v) is 39.7. The molecule has 12 unspecified atom stereocenters. The van der Waals surface area contributed by atoms with Gasteiger partial charge in [-0.15, -0.1) is 0 Å². The largest absolute Gasteiger partial charge is 0.394 e. The second-order valence-electron chi connectivity index (χ2n) is 28.2. The molecule has 93 heavy (non-hydrogen) atoms. The molecule has 2 fully saturated rings. The number of aliphatic hydroxyl groups is 8. The minimum atomic E-state index is -1.79. The van der Waals surface area contributed by atoms with Gasteiger partial charge in [0.1, 0.15) is 48.8 Å². The van der Waals surface area contributed by atoms with Crippen LogP contribution in [0.25, 0.3) is 0 Å². The average molecular weight is 1320 g/mol. The Kier molecular flexibility index (Phi) is 59.7. The second-order valence-corrected chi connectivity index (χ2v) is 28.2. The topological polar surface area (TPSA) is 228 Å². The Labute approximate surface area is 570 Å². The van der Waals surface area contributed by atoms with E-state index in [4.69, 9.17) is 18.9 Å². The van der Waals surface area contributed by atoms with Crippen molar-refractivity contribution in [2.75, 3.05) is 19.8 Å². The standard InChI is InChI=1S/C79H149NO13/c1-3-5-7-9-11-13-15-17-19-21-23-25-27-29-31-33-35-36-38-40-42-44-46-48-50-52-54-56-58-60-62-68(83)67(66-90-78-76(89)74(87)77(70(65-82)92-78)93-79-75(88)73(86)72(85)69(64-81)91-79)80-71(84)63-61-59-57-55-53-51-49-47-45-43-41-39-37-34-32-30-28-26-24-22-20-18-16-14-12-10-8-6-4-2/h44,46,52,54,60,62,67-70,72-79,81-83,85-89H,3-43,45,47-51,53,55-59,61,63-66H2,1-2H3,(H,80,84)/b46-44+,54-52+,62-60+. The summed E-state index contributed by atoms with van der Waals surface area (Å²) < 4.78 is 22.9. The van der Waals surface area contributed by atoms with Crippen LogP contribution in [0.2, 0.25) is 0 Å². The highest BCUT2D eigenvalue weighted by Crippen LogP contribution is 2.30. The van der Waals surface area contributed by atoms with Crippen molar-refractivity contribution in [1.82, 2.24) is 5.32 Å². The molecular formula is C79H149NO13. The van der Waals surface area contributed by atoms with Crippen LogP contribution in [0.3, 0.4) is 0 Å². The molecule has 2 aliphatic rings. The highest BCUT2D eigenvalue weighted by Gasteiger charge is 2.51. The molecule has 14 heteroatoms. The van der Waals surface area contributed by atoms with E-state index in [2.05, 4.69) is 43.5 Å². The van der Waals surface area contributed by atoms with Crippen molar-refractivity contribution in [2.24, 2.45) is 0 Å². The molecule has 0 aliphatic carbocycles. The van der Waals surface area contributed by atoms with Gasteiger partial charge >= 0.3 is 0 Å². The molecule has 14 nitrogen and oxygen atoms in total. The summed E-state index contributed by atoms with van der Waals surface area (Å²) >= 11 is 0. The van der Waals surface area contributed by atoms with Crippen molar-refractivity contribution in [3.8, 4) is 0 Å². The predicted molar refractivity (Wildman–Crippen MR) is 383 cm³/mol. The summed E-state index contributed by atoms with van der Waals surface area (Å²) in [6, 6.07) is -0.938. The van der Waals surface area contributed by atoms with Crippen LogP contribution in [0.15, 0.2) is 36.5 Å². The van der Waals surface area contributed by atoms with Gasteiger partial charge in [0.05, 0.1) is 32.0 Å². The van der Waals surface area contributed by atoms with Gasteiger partial charge in [-0.05, 0) is 44.9 Å². The first kappa shape index (κ1) is 87.3. The molecule has 9 N–H and O–H groups in total. The molecule has 0 aromatic heterocycles. The quantitative estimate of drug-likeness (QED) is 0.0204. The molecule has 0 aromatic rings. The monoisotopic (exact) mass is 1320 g/mol. The van der Waals surface area contributed by atoms with Crippen LogP contribution in [0.5, 0.6) is 0 Å².